The number of piperidine rings is 1. The summed E-state index contributed by atoms with van der Waals surface area (Å²) in [6.07, 6.45) is 4.47. The Bertz CT molecular complexity index is 2060. The first-order chi connectivity index (χ1) is 28.2. The molecule has 4 aromatic rings. The average Bonchev–Trinajstić information content (AvgIpc) is 3.66. The maximum Gasteiger partial charge on any atom is 0.407 e. The standard InChI is InChI=1S/C45H57ClN8O5/c1-28(2)54-22-20-37(21-23-54)48-41(56)35-11-7-10-34(26-35)33-9-6-8-30(24-33)25-38(42(57)49-36-18-16-31(17-19-36)39-51-43(46)53-52-39)50-40(55)32-14-12-29(13-15-32)27-47-44(58)59-45(3,4)5/h6-11,16-19,24,26,28-29,32,37-38H,12-15,20-23,25,27H2,1-5H3,(H,47,58)(H,48,56)(H,49,57)(H,50,55)(H,51,52,53)/t29?,32?,38-/m0/s1. The molecular formula is C45H57ClN8O5. The Hall–Kier alpha value is -5.27. The van der Waals surface area contributed by atoms with E-state index in [1.165, 1.54) is 0 Å². The smallest absolute Gasteiger partial charge is 0.407 e. The molecule has 0 bridgehead atoms. The molecule has 1 aliphatic carbocycles. The lowest BCUT2D eigenvalue weighted by atomic mass is 9.81. The summed E-state index contributed by atoms with van der Waals surface area (Å²) >= 11 is 5.91. The highest BCUT2D eigenvalue weighted by molar-refractivity contribution is 6.28. The predicted molar refractivity (Wildman–Crippen MR) is 230 cm³/mol. The largest absolute Gasteiger partial charge is 0.444 e. The van der Waals surface area contributed by atoms with E-state index in [1.807, 2.05) is 69.3 Å². The van der Waals surface area contributed by atoms with Crippen LogP contribution >= 0.6 is 11.6 Å². The lowest BCUT2D eigenvalue weighted by Gasteiger charge is -2.34. The van der Waals surface area contributed by atoms with Crippen molar-refractivity contribution < 1.29 is 23.9 Å². The minimum Gasteiger partial charge on any atom is -0.444 e. The van der Waals surface area contributed by atoms with Crippen LogP contribution in [0.4, 0.5) is 10.5 Å². The molecule has 4 amide bonds. The highest BCUT2D eigenvalue weighted by atomic mass is 35.5. The molecule has 2 heterocycles. The minimum atomic E-state index is -0.880. The number of rotatable bonds is 13. The summed E-state index contributed by atoms with van der Waals surface area (Å²) in [5, 5.41) is 19.0. The van der Waals surface area contributed by atoms with Gasteiger partial charge in [0.1, 0.15) is 11.6 Å². The van der Waals surface area contributed by atoms with E-state index < -0.39 is 17.7 Å². The third-order valence-corrected chi connectivity index (χ3v) is 11.2. The quantitative estimate of drug-likeness (QED) is 0.0930. The van der Waals surface area contributed by atoms with Gasteiger partial charge in [0.15, 0.2) is 5.82 Å². The average molecular weight is 825 g/mol. The lowest BCUT2D eigenvalue weighted by molar-refractivity contribution is -0.130. The first-order valence-corrected chi connectivity index (χ1v) is 21.1. The predicted octanol–water partition coefficient (Wildman–Crippen LogP) is 7.39. The molecule has 0 unspecified atom stereocenters. The molecule has 0 spiro atoms. The van der Waals surface area contributed by atoms with Gasteiger partial charge < -0.3 is 30.9 Å². The zero-order valence-corrected chi connectivity index (χ0v) is 35.4. The van der Waals surface area contributed by atoms with Crippen molar-refractivity contribution in [3.8, 4) is 22.5 Å². The van der Waals surface area contributed by atoms with Crippen LogP contribution < -0.4 is 21.3 Å². The lowest BCUT2D eigenvalue weighted by Crippen LogP contribution is -2.48. The van der Waals surface area contributed by atoms with Crippen molar-refractivity contribution in [3.63, 3.8) is 0 Å². The zero-order valence-electron chi connectivity index (χ0n) is 34.6. The highest BCUT2D eigenvalue weighted by Crippen LogP contribution is 2.29. The van der Waals surface area contributed by atoms with Crippen LogP contribution in [-0.2, 0) is 20.7 Å². The number of halogens is 1. The monoisotopic (exact) mass is 824 g/mol. The number of anilines is 1. The van der Waals surface area contributed by atoms with Crippen molar-refractivity contribution in [1.82, 2.24) is 36.0 Å². The van der Waals surface area contributed by atoms with Gasteiger partial charge in [-0.25, -0.2) is 9.89 Å². The summed E-state index contributed by atoms with van der Waals surface area (Å²) in [4.78, 5) is 60.0. The van der Waals surface area contributed by atoms with Gasteiger partial charge in [0.25, 0.3) is 5.91 Å². The number of ether oxygens (including phenoxy) is 1. The second-order valence-corrected chi connectivity index (χ2v) is 17.4. The fourth-order valence-corrected chi connectivity index (χ4v) is 7.88. The van der Waals surface area contributed by atoms with Crippen LogP contribution in [-0.4, -0.2) is 87.3 Å². The Balaban J connectivity index is 1.12. The molecule has 1 aliphatic heterocycles. The highest BCUT2D eigenvalue weighted by Gasteiger charge is 2.31. The Morgan fingerprint density at radius 1 is 0.881 bits per heavy atom. The summed E-state index contributed by atoms with van der Waals surface area (Å²) in [6, 6.07) is 22.3. The molecule has 1 atom stereocenters. The van der Waals surface area contributed by atoms with Gasteiger partial charge in [0, 0.05) is 60.9 Å². The van der Waals surface area contributed by atoms with Gasteiger partial charge in [-0.15, -0.1) is 0 Å². The molecule has 6 rings (SSSR count). The summed E-state index contributed by atoms with van der Waals surface area (Å²) in [5.41, 5.74) is 3.91. The number of carbonyl (C=O) groups excluding carboxylic acids is 4. The van der Waals surface area contributed by atoms with Crippen molar-refractivity contribution in [2.75, 3.05) is 25.0 Å². The molecule has 59 heavy (non-hydrogen) atoms. The number of aromatic amines is 1. The van der Waals surface area contributed by atoms with Crippen molar-refractivity contribution in [2.24, 2.45) is 11.8 Å². The number of nitrogens with one attached hydrogen (secondary N) is 5. The van der Waals surface area contributed by atoms with Crippen LogP contribution in [0.15, 0.2) is 72.8 Å². The molecule has 314 valence electrons. The van der Waals surface area contributed by atoms with Crippen LogP contribution in [0.3, 0.4) is 0 Å². The van der Waals surface area contributed by atoms with E-state index in [2.05, 4.69) is 55.2 Å². The molecule has 1 saturated carbocycles. The fraction of sp³-hybridized carbons (Fsp3) is 0.467. The number of amides is 4. The van der Waals surface area contributed by atoms with Gasteiger partial charge in [-0.3, -0.25) is 14.4 Å². The van der Waals surface area contributed by atoms with Crippen molar-refractivity contribution >= 4 is 41.1 Å². The molecule has 13 nitrogen and oxygen atoms in total. The fourth-order valence-electron chi connectivity index (χ4n) is 7.76. The van der Waals surface area contributed by atoms with E-state index in [4.69, 9.17) is 16.3 Å². The van der Waals surface area contributed by atoms with E-state index in [0.29, 0.717) is 42.5 Å². The first kappa shape index (κ1) is 43.3. The number of aromatic nitrogens is 3. The van der Waals surface area contributed by atoms with Crippen LogP contribution in [0.1, 0.15) is 89.1 Å². The minimum absolute atomic E-state index is 0.0868. The first-order valence-electron chi connectivity index (χ1n) is 20.7. The summed E-state index contributed by atoms with van der Waals surface area (Å²) in [5.74, 6) is -0.219. The normalized spacial score (nSPS) is 18.2. The summed E-state index contributed by atoms with van der Waals surface area (Å²) in [7, 11) is 0. The van der Waals surface area contributed by atoms with Gasteiger partial charge in [-0.1, -0.05) is 36.4 Å². The van der Waals surface area contributed by atoms with Crippen molar-refractivity contribution in [3.05, 3.63) is 89.2 Å². The second-order valence-electron chi connectivity index (χ2n) is 17.0. The Morgan fingerprint density at radius 3 is 2.20 bits per heavy atom. The summed E-state index contributed by atoms with van der Waals surface area (Å²) in [6.45, 7) is 12.3. The number of benzene rings is 3. The maximum atomic E-state index is 14.0. The van der Waals surface area contributed by atoms with E-state index in [0.717, 1.165) is 61.0 Å². The van der Waals surface area contributed by atoms with Gasteiger partial charge >= 0.3 is 6.09 Å². The maximum absolute atomic E-state index is 14.0. The van der Waals surface area contributed by atoms with Gasteiger partial charge in [-0.2, -0.15) is 10.1 Å². The van der Waals surface area contributed by atoms with Crippen LogP contribution in [0.25, 0.3) is 22.5 Å². The number of H-pyrrole nitrogens is 1. The van der Waals surface area contributed by atoms with E-state index in [1.54, 1.807) is 24.3 Å². The van der Waals surface area contributed by atoms with Crippen LogP contribution in [0, 0.1) is 11.8 Å². The molecule has 2 aliphatic rings. The third kappa shape index (κ3) is 12.6. The molecule has 0 radical (unpaired) electrons. The van der Waals surface area contributed by atoms with E-state index >= 15 is 0 Å². The molecular weight excluding hydrogens is 768 g/mol. The number of hydrogen-bond donors (Lipinski definition) is 5. The Labute approximate surface area is 351 Å². The number of hydrogen-bond acceptors (Lipinski definition) is 8. The Morgan fingerprint density at radius 2 is 1.56 bits per heavy atom. The molecule has 3 aromatic carbocycles. The van der Waals surface area contributed by atoms with Crippen molar-refractivity contribution in [2.45, 2.75) is 103 Å². The van der Waals surface area contributed by atoms with Gasteiger partial charge in [0.05, 0.1) is 0 Å². The molecule has 1 aromatic heterocycles. The van der Waals surface area contributed by atoms with E-state index in [9.17, 15) is 19.2 Å². The van der Waals surface area contributed by atoms with E-state index in [-0.39, 0.29) is 47.3 Å². The number of likely N-dealkylation sites (tertiary alicyclic amines) is 1. The molecule has 2 fully saturated rings. The van der Waals surface area contributed by atoms with Gasteiger partial charge in [0.2, 0.25) is 17.1 Å². The third-order valence-electron chi connectivity index (χ3n) is 11.1. The molecule has 14 heteroatoms. The summed E-state index contributed by atoms with van der Waals surface area (Å²) < 4.78 is 5.37. The Kier molecular flexibility index (Phi) is 14.4. The second kappa shape index (κ2) is 19.7. The number of carbonyl (C=O) groups is 4. The van der Waals surface area contributed by atoms with Crippen LogP contribution in [0.2, 0.25) is 5.28 Å². The number of alkyl carbamates (subject to hydrolysis) is 1. The van der Waals surface area contributed by atoms with Crippen LogP contribution in [0.5, 0.6) is 0 Å². The SMILES string of the molecule is CC(C)N1CCC(NC(=O)c2cccc(-c3cccc(C[C@H](NC(=O)C4CCC(CNC(=O)OC(C)(C)C)CC4)C(=O)Nc4ccc(-c5n[nH]c(Cl)n5)cc4)c3)c2)CC1. The number of nitrogens with zero attached hydrogens (tertiary/aromatic N) is 3. The zero-order chi connectivity index (χ0) is 42.1. The topological polar surface area (TPSA) is 170 Å². The van der Waals surface area contributed by atoms with Gasteiger partial charge in [-0.05, 0) is 144 Å². The molecule has 5 N–H and O–H groups in total. The van der Waals surface area contributed by atoms with Crippen molar-refractivity contribution in [1.29, 1.82) is 0 Å². The molecule has 1 saturated heterocycles.